The highest BCUT2D eigenvalue weighted by molar-refractivity contribution is 6.29. The van der Waals surface area contributed by atoms with E-state index in [1.807, 2.05) is 18.2 Å². The first-order valence-electron chi connectivity index (χ1n) is 5.41. The molecular weight excluding hydrogens is 252 g/mol. The maximum absolute atomic E-state index is 11.3. The van der Waals surface area contributed by atoms with E-state index >= 15 is 0 Å². The second kappa shape index (κ2) is 5.60. The number of rotatable bonds is 4. The van der Waals surface area contributed by atoms with Gasteiger partial charge in [-0.25, -0.2) is 4.98 Å². The van der Waals surface area contributed by atoms with E-state index in [0.29, 0.717) is 17.3 Å². The first-order valence-corrected chi connectivity index (χ1v) is 5.79. The molecule has 1 unspecified atom stereocenters. The van der Waals surface area contributed by atoms with E-state index in [2.05, 4.69) is 9.97 Å². The summed E-state index contributed by atoms with van der Waals surface area (Å²) in [5.74, 6) is -1.50. The number of carboxylic acids is 1. The standard InChI is InChI=1S/C13H11ClN2O2/c14-12-8-15-10(7-16-12)6-11(13(17)18)9-4-2-1-3-5-9/h1-5,7-8,11H,6H2,(H,17,18). The van der Waals surface area contributed by atoms with E-state index in [-0.39, 0.29) is 0 Å². The van der Waals surface area contributed by atoms with Crippen molar-refractivity contribution >= 4 is 17.6 Å². The van der Waals surface area contributed by atoms with Gasteiger partial charge in [0.05, 0.1) is 24.0 Å². The molecule has 0 spiro atoms. The van der Waals surface area contributed by atoms with E-state index in [9.17, 15) is 9.90 Å². The van der Waals surface area contributed by atoms with Crippen LogP contribution < -0.4 is 0 Å². The van der Waals surface area contributed by atoms with Gasteiger partial charge in [-0.3, -0.25) is 9.78 Å². The summed E-state index contributed by atoms with van der Waals surface area (Å²) < 4.78 is 0. The van der Waals surface area contributed by atoms with Crippen molar-refractivity contribution in [2.75, 3.05) is 0 Å². The molecule has 1 N–H and O–H groups in total. The Bertz CT molecular complexity index is 528. The molecule has 92 valence electrons. The van der Waals surface area contributed by atoms with Crippen molar-refractivity contribution in [3.63, 3.8) is 0 Å². The third-order valence-corrected chi connectivity index (χ3v) is 2.78. The van der Waals surface area contributed by atoms with Gasteiger partial charge in [0.15, 0.2) is 0 Å². The zero-order chi connectivity index (χ0) is 13.0. The number of carbonyl (C=O) groups is 1. The van der Waals surface area contributed by atoms with Crippen molar-refractivity contribution in [1.82, 2.24) is 9.97 Å². The number of hydrogen-bond donors (Lipinski definition) is 1. The Balaban J connectivity index is 2.22. The lowest BCUT2D eigenvalue weighted by Gasteiger charge is -2.11. The number of halogens is 1. The monoisotopic (exact) mass is 262 g/mol. The van der Waals surface area contributed by atoms with Crippen LogP contribution in [0.25, 0.3) is 0 Å². The third kappa shape index (κ3) is 3.05. The summed E-state index contributed by atoms with van der Waals surface area (Å²) in [4.78, 5) is 19.3. The molecule has 0 saturated carbocycles. The molecule has 2 rings (SSSR count). The zero-order valence-electron chi connectivity index (χ0n) is 9.45. The summed E-state index contributed by atoms with van der Waals surface area (Å²) in [6, 6.07) is 9.08. The van der Waals surface area contributed by atoms with Gasteiger partial charge >= 0.3 is 5.97 Å². The molecule has 0 radical (unpaired) electrons. The average Bonchev–Trinajstić information content (AvgIpc) is 2.38. The molecule has 1 aromatic carbocycles. The van der Waals surface area contributed by atoms with Crippen LogP contribution in [0.3, 0.4) is 0 Å². The van der Waals surface area contributed by atoms with Crippen LogP contribution in [-0.4, -0.2) is 21.0 Å². The normalized spacial score (nSPS) is 12.1. The first kappa shape index (κ1) is 12.5. The number of hydrogen-bond acceptors (Lipinski definition) is 3. The number of aromatic nitrogens is 2. The van der Waals surface area contributed by atoms with Gasteiger partial charge in [-0.05, 0) is 5.56 Å². The summed E-state index contributed by atoms with van der Waals surface area (Å²) >= 11 is 5.64. The smallest absolute Gasteiger partial charge is 0.311 e. The summed E-state index contributed by atoms with van der Waals surface area (Å²) in [7, 11) is 0. The van der Waals surface area contributed by atoms with Gasteiger partial charge in [0, 0.05) is 6.42 Å². The molecule has 18 heavy (non-hydrogen) atoms. The van der Waals surface area contributed by atoms with E-state index in [4.69, 9.17) is 11.6 Å². The van der Waals surface area contributed by atoms with Gasteiger partial charge in [0.2, 0.25) is 0 Å². The number of aliphatic carboxylic acids is 1. The minimum Gasteiger partial charge on any atom is -0.481 e. The molecule has 0 bridgehead atoms. The fraction of sp³-hybridized carbons (Fsp3) is 0.154. The second-order valence-electron chi connectivity index (χ2n) is 3.84. The third-order valence-electron chi connectivity index (χ3n) is 2.59. The lowest BCUT2D eigenvalue weighted by Crippen LogP contribution is -2.15. The molecule has 0 aliphatic heterocycles. The fourth-order valence-electron chi connectivity index (χ4n) is 1.69. The van der Waals surface area contributed by atoms with E-state index in [0.717, 1.165) is 5.56 Å². The van der Waals surface area contributed by atoms with Crippen LogP contribution in [0.15, 0.2) is 42.7 Å². The lowest BCUT2D eigenvalue weighted by molar-refractivity contribution is -0.138. The SMILES string of the molecule is O=C(O)C(Cc1cnc(Cl)cn1)c1ccccc1. The second-order valence-corrected chi connectivity index (χ2v) is 4.22. The number of benzene rings is 1. The van der Waals surface area contributed by atoms with Crippen LogP contribution >= 0.6 is 11.6 Å². The summed E-state index contributed by atoms with van der Waals surface area (Å²) in [5.41, 5.74) is 1.36. The molecule has 1 heterocycles. The molecule has 2 aromatic rings. The predicted molar refractivity (Wildman–Crippen MR) is 67.6 cm³/mol. The molecule has 0 aliphatic carbocycles. The van der Waals surface area contributed by atoms with Gasteiger partial charge < -0.3 is 5.11 Å². The van der Waals surface area contributed by atoms with Crippen LogP contribution in [0.1, 0.15) is 17.2 Å². The maximum Gasteiger partial charge on any atom is 0.311 e. The van der Waals surface area contributed by atoms with Crippen molar-refractivity contribution in [2.24, 2.45) is 0 Å². The van der Waals surface area contributed by atoms with Crippen LogP contribution in [0, 0.1) is 0 Å². The summed E-state index contributed by atoms with van der Waals surface area (Å²) in [5, 5.41) is 9.56. The minimum atomic E-state index is -0.877. The van der Waals surface area contributed by atoms with Crippen LogP contribution in [0.2, 0.25) is 5.15 Å². The van der Waals surface area contributed by atoms with E-state index in [1.165, 1.54) is 12.4 Å². The molecule has 4 nitrogen and oxygen atoms in total. The molecule has 1 aromatic heterocycles. The Morgan fingerprint density at radius 1 is 1.22 bits per heavy atom. The highest BCUT2D eigenvalue weighted by Crippen LogP contribution is 2.20. The molecule has 0 amide bonds. The van der Waals surface area contributed by atoms with Gasteiger partial charge in [0.1, 0.15) is 5.15 Å². The van der Waals surface area contributed by atoms with Crippen molar-refractivity contribution in [3.05, 3.63) is 59.1 Å². The highest BCUT2D eigenvalue weighted by atomic mass is 35.5. The quantitative estimate of drug-likeness (QED) is 0.920. The topological polar surface area (TPSA) is 63.1 Å². The first-order chi connectivity index (χ1) is 8.66. The van der Waals surface area contributed by atoms with Gasteiger partial charge in [-0.1, -0.05) is 41.9 Å². The van der Waals surface area contributed by atoms with Crippen LogP contribution in [0.4, 0.5) is 0 Å². The number of nitrogens with zero attached hydrogens (tertiary/aromatic N) is 2. The zero-order valence-corrected chi connectivity index (χ0v) is 10.2. The van der Waals surface area contributed by atoms with Gasteiger partial charge in [-0.15, -0.1) is 0 Å². The summed E-state index contributed by atoms with van der Waals surface area (Å²) in [6.45, 7) is 0. The highest BCUT2D eigenvalue weighted by Gasteiger charge is 2.20. The van der Waals surface area contributed by atoms with E-state index in [1.54, 1.807) is 12.1 Å². The maximum atomic E-state index is 11.3. The Hall–Kier alpha value is -1.94. The van der Waals surface area contributed by atoms with E-state index < -0.39 is 11.9 Å². The Labute approximate surface area is 109 Å². The Morgan fingerprint density at radius 3 is 2.50 bits per heavy atom. The number of carboxylic acid groups (broad SMARTS) is 1. The molecule has 0 saturated heterocycles. The Kier molecular flexibility index (Phi) is 3.89. The largest absolute Gasteiger partial charge is 0.481 e. The molecular formula is C13H11ClN2O2. The predicted octanol–water partition coefficient (Wildman–Crippen LogP) is 2.54. The van der Waals surface area contributed by atoms with Crippen molar-refractivity contribution in [1.29, 1.82) is 0 Å². The molecule has 0 aliphatic rings. The van der Waals surface area contributed by atoms with Crippen LogP contribution in [0.5, 0.6) is 0 Å². The van der Waals surface area contributed by atoms with Gasteiger partial charge in [0.25, 0.3) is 0 Å². The average molecular weight is 263 g/mol. The molecule has 0 fully saturated rings. The summed E-state index contributed by atoms with van der Waals surface area (Å²) in [6.07, 6.45) is 3.21. The minimum absolute atomic E-state index is 0.295. The molecule has 1 atom stereocenters. The van der Waals surface area contributed by atoms with Gasteiger partial charge in [-0.2, -0.15) is 0 Å². The van der Waals surface area contributed by atoms with Crippen molar-refractivity contribution in [3.8, 4) is 0 Å². The Morgan fingerprint density at radius 2 is 1.94 bits per heavy atom. The lowest BCUT2D eigenvalue weighted by atomic mass is 9.94. The van der Waals surface area contributed by atoms with Crippen molar-refractivity contribution < 1.29 is 9.90 Å². The fourth-order valence-corrected chi connectivity index (χ4v) is 1.78. The van der Waals surface area contributed by atoms with Crippen LogP contribution in [-0.2, 0) is 11.2 Å². The molecule has 5 heteroatoms. The van der Waals surface area contributed by atoms with Crippen molar-refractivity contribution in [2.45, 2.75) is 12.3 Å².